The molecule has 0 unspecified atom stereocenters. The molecular formula is C18H20BrF3N4O3. The summed E-state index contributed by atoms with van der Waals surface area (Å²) in [5.41, 5.74) is -2.20. The van der Waals surface area contributed by atoms with Gasteiger partial charge in [-0.15, -0.1) is 0 Å². The number of nitrogens with one attached hydrogen (secondary N) is 1. The molecule has 0 radical (unpaired) electrons. The molecule has 0 saturated heterocycles. The molecule has 7 nitrogen and oxygen atoms in total. The van der Waals surface area contributed by atoms with Gasteiger partial charge in [0.25, 0.3) is 0 Å². The number of aliphatic hydroxyl groups is 1. The molecule has 0 spiro atoms. The summed E-state index contributed by atoms with van der Waals surface area (Å²) in [6.07, 6.45) is -4.12. The SMILES string of the molecule is Cc1cc(Br)ccc1NC(=O)CN(C)C(=O)C[C@](O)(c1nccn1C)C(F)(F)F. The molecular weight excluding hydrogens is 457 g/mol. The fourth-order valence-corrected chi connectivity index (χ4v) is 3.16. The molecule has 1 aromatic carbocycles. The van der Waals surface area contributed by atoms with Gasteiger partial charge in [0.2, 0.25) is 17.4 Å². The Morgan fingerprint density at radius 1 is 1.34 bits per heavy atom. The molecule has 2 aromatic rings. The lowest BCUT2D eigenvalue weighted by Gasteiger charge is -2.30. The van der Waals surface area contributed by atoms with E-state index in [-0.39, 0.29) is 0 Å². The van der Waals surface area contributed by atoms with E-state index < -0.39 is 42.4 Å². The van der Waals surface area contributed by atoms with Crippen LogP contribution in [0.25, 0.3) is 0 Å². The quantitative estimate of drug-likeness (QED) is 0.670. The van der Waals surface area contributed by atoms with E-state index in [0.29, 0.717) is 5.69 Å². The third kappa shape index (κ3) is 5.15. The number of anilines is 1. The van der Waals surface area contributed by atoms with Crippen molar-refractivity contribution in [3.63, 3.8) is 0 Å². The van der Waals surface area contributed by atoms with Crippen LogP contribution >= 0.6 is 15.9 Å². The molecule has 0 fully saturated rings. The molecule has 0 aliphatic heterocycles. The van der Waals surface area contributed by atoms with Gasteiger partial charge in [-0.05, 0) is 30.7 Å². The molecule has 158 valence electrons. The molecule has 11 heteroatoms. The van der Waals surface area contributed by atoms with E-state index in [9.17, 15) is 27.9 Å². The summed E-state index contributed by atoms with van der Waals surface area (Å²) in [5.74, 6) is -2.35. The number of hydrogen-bond donors (Lipinski definition) is 2. The van der Waals surface area contributed by atoms with Crippen LogP contribution in [-0.4, -0.2) is 51.1 Å². The van der Waals surface area contributed by atoms with E-state index in [0.717, 1.165) is 25.7 Å². The molecule has 0 aliphatic carbocycles. The van der Waals surface area contributed by atoms with Gasteiger partial charge >= 0.3 is 6.18 Å². The molecule has 1 heterocycles. The number of benzene rings is 1. The normalized spacial score (nSPS) is 13.7. The van der Waals surface area contributed by atoms with E-state index in [1.807, 2.05) is 0 Å². The molecule has 0 saturated carbocycles. The largest absolute Gasteiger partial charge is 0.425 e. The number of amides is 2. The zero-order chi connectivity index (χ0) is 22.0. The van der Waals surface area contributed by atoms with Crippen molar-refractivity contribution in [1.82, 2.24) is 14.5 Å². The Morgan fingerprint density at radius 3 is 2.52 bits per heavy atom. The third-order valence-electron chi connectivity index (χ3n) is 4.34. The van der Waals surface area contributed by atoms with E-state index in [1.54, 1.807) is 25.1 Å². The van der Waals surface area contributed by atoms with Gasteiger partial charge in [-0.2, -0.15) is 13.2 Å². The van der Waals surface area contributed by atoms with Crippen LogP contribution in [0.3, 0.4) is 0 Å². The molecule has 2 rings (SSSR count). The number of aryl methyl sites for hydroxylation is 2. The Balaban J connectivity index is 2.10. The highest BCUT2D eigenvalue weighted by atomic mass is 79.9. The number of alkyl halides is 3. The molecule has 29 heavy (non-hydrogen) atoms. The summed E-state index contributed by atoms with van der Waals surface area (Å²) in [5, 5.41) is 12.9. The summed E-state index contributed by atoms with van der Waals surface area (Å²) in [4.78, 5) is 28.9. The standard InChI is InChI=1S/C18H20BrF3N4O3/c1-11-8-12(19)4-5-13(11)24-14(27)10-26(3)15(28)9-17(29,18(20,21)22)16-23-6-7-25(16)2/h4-8,29H,9-10H2,1-3H3,(H,24,27)/t17-/m0/s1. The Bertz CT molecular complexity index is 916. The highest BCUT2D eigenvalue weighted by Gasteiger charge is 2.58. The van der Waals surface area contributed by atoms with Crippen molar-refractivity contribution >= 4 is 33.4 Å². The minimum Gasteiger partial charge on any atom is -0.374 e. The molecule has 2 amide bonds. The number of carbonyl (C=O) groups is 2. The van der Waals surface area contributed by atoms with Crippen LogP contribution in [0.5, 0.6) is 0 Å². The minimum atomic E-state index is -5.14. The zero-order valence-corrected chi connectivity index (χ0v) is 17.5. The molecule has 1 aromatic heterocycles. The van der Waals surface area contributed by atoms with Gasteiger partial charge in [0.1, 0.15) is 0 Å². The number of rotatable bonds is 6. The number of nitrogens with zero attached hydrogens (tertiary/aromatic N) is 3. The van der Waals surface area contributed by atoms with Crippen LogP contribution in [0.15, 0.2) is 35.1 Å². The highest BCUT2D eigenvalue weighted by Crippen LogP contribution is 2.41. The number of halogens is 4. The monoisotopic (exact) mass is 476 g/mol. The first-order valence-electron chi connectivity index (χ1n) is 8.42. The predicted molar refractivity (Wildman–Crippen MR) is 103 cm³/mol. The number of hydrogen-bond acceptors (Lipinski definition) is 4. The number of imidazole rings is 1. The third-order valence-corrected chi connectivity index (χ3v) is 4.83. The molecule has 0 aliphatic rings. The Labute approximate surface area is 173 Å². The maximum Gasteiger partial charge on any atom is 0.425 e. The lowest BCUT2D eigenvalue weighted by Crippen LogP contribution is -2.48. The average Bonchev–Trinajstić information content (AvgIpc) is 3.02. The number of aromatic nitrogens is 2. The van der Waals surface area contributed by atoms with Crippen LogP contribution in [0.4, 0.5) is 18.9 Å². The van der Waals surface area contributed by atoms with Crippen molar-refractivity contribution in [3.8, 4) is 0 Å². The summed E-state index contributed by atoms with van der Waals surface area (Å²) in [6, 6.07) is 5.15. The van der Waals surface area contributed by atoms with Crippen LogP contribution in [0.1, 0.15) is 17.8 Å². The Hall–Kier alpha value is -2.40. The van der Waals surface area contributed by atoms with E-state index >= 15 is 0 Å². The fourth-order valence-electron chi connectivity index (χ4n) is 2.68. The van der Waals surface area contributed by atoms with Gasteiger partial charge in [0.05, 0.1) is 13.0 Å². The molecule has 1 atom stereocenters. The second-order valence-corrected chi connectivity index (χ2v) is 7.57. The summed E-state index contributed by atoms with van der Waals surface area (Å²) < 4.78 is 42.4. The highest BCUT2D eigenvalue weighted by molar-refractivity contribution is 9.10. The minimum absolute atomic E-state index is 0.483. The van der Waals surface area contributed by atoms with Gasteiger partial charge < -0.3 is 19.9 Å². The topological polar surface area (TPSA) is 87.5 Å². The molecule has 0 bridgehead atoms. The van der Waals surface area contributed by atoms with E-state index in [2.05, 4.69) is 26.2 Å². The van der Waals surface area contributed by atoms with Crippen molar-refractivity contribution in [2.75, 3.05) is 18.9 Å². The van der Waals surface area contributed by atoms with E-state index in [1.165, 1.54) is 20.3 Å². The van der Waals surface area contributed by atoms with Gasteiger partial charge in [0.15, 0.2) is 5.82 Å². The zero-order valence-electron chi connectivity index (χ0n) is 15.9. The first kappa shape index (κ1) is 22.9. The van der Waals surface area contributed by atoms with Crippen LogP contribution in [0.2, 0.25) is 0 Å². The number of carbonyl (C=O) groups excluding carboxylic acids is 2. The maximum atomic E-state index is 13.5. The lowest BCUT2D eigenvalue weighted by molar-refractivity contribution is -0.271. The van der Waals surface area contributed by atoms with Crippen molar-refractivity contribution in [2.45, 2.75) is 25.1 Å². The predicted octanol–water partition coefficient (Wildman–Crippen LogP) is 2.73. The van der Waals surface area contributed by atoms with Crippen molar-refractivity contribution in [2.24, 2.45) is 7.05 Å². The summed E-state index contributed by atoms with van der Waals surface area (Å²) in [7, 11) is 2.47. The van der Waals surface area contributed by atoms with Gasteiger partial charge in [-0.3, -0.25) is 9.59 Å². The van der Waals surface area contributed by atoms with Crippen LogP contribution in [-0.2, 0) is 22.2 Å². The van der Waals surface area contributed by atoms with Gasteiger partial charge in [-0.25, -0.2) is 4.98 Å². The number of likely N-dealkylation sites (N-methyl/N-ethyl adjacent to an activating group) is 1. The first-order chi connectivity index (χ1) is 13.3. The Kier molecular flexibility index (Phi) is 6.74. The van der Waals surface area contributed by atoms with Crippen molar-refractivity contribution in [3.05, 3.63) is 46.5 Å². The molecule has 2 N–H and O–H groups in total. The lowest BCUT2D eigenvalue weighted by atomic mass is 9.96. The second kappa shape index (κ2) is 8.54. The Morgan fingerprint density at radius 2 is 2.00 bits per heavy atom. The fraction of sp³-hybridized carbons (Fsp3) is 0.389. The van der Waals surface area contributed by atoms with Gasteiger partial charge in [-0.1, -0.05) is 15.9 Å². The average molecular weight is 477 g/mol. The summed E-state index contributed by atoms with van der Waals surface area (Å²) in [6.45, 7) is 1.29. The smallest absolute Gasteiger partial charge is 0.374 e. The van der Waals surface area contributed by atoms with Crippen LogP contribution < -0.4 is 5.32 Å². The first-order valence-corrected chi connectivity index (χ1v) is 9.21. The van der Waals surface area contributed by atoms with Crippen LogP contribution in [0, 0.1) is 6.92 Å². The second-order valence-electron chi connectivity index (χ2n) is 6.65. The van der Waals surface area contributed by atoms with Crippen molar-refractivity contribution < 1.29 is 27.9 Å². The maximum absolute atomic E-state index is 13.5. The van der Waals surface area contributed by atoms with Crippen molar-refractivity contribution in [1.29, 1.82) is 0 Å². The van der Waals surface area contributed by atoms with Gasteiger partial charge in [0, 0.05) is 36.6 Å². The summed E-state index contributed by atoms with van der Waals surface area (Å²) >= 11 is 3.30. The van der Waals surface area contributed by atoms with E-state index in [4.69, 9.17) is 0 Å².